The fourth-order valence-corrected chi connectivity index (χ4v) is 3.94. The van der Waals surface area contributed by atoms with E-state index < -0.39 is 17.7 Å². The van der Waals surface area contributed by atoms with E-state index >= 15 is 0 Å². The number of benzene rings is 3. The number of nitrogens with zero attached hydrogens (tertiary/aromatic N) is 1. The molecule has 3 aromatic rings. The summed E-state index contributed by atoms with van der Waals surface area (Å²) >= 11 is 6.30. The minimum atomic E-state index is -0.955. The molecule has 6 nitrogen and oxygen atoms in total. The molecule has 1 heterocycles. The summed E-state index contributed by atoms with van der Waals surface area (Å²) in [7, 11) is 1.40. The van der Waals surface area contributed by atoms with Crippen molar-refractivity contribution in [3.8, 4) is 11.5 Å². The van der Waals surface area contributed by atoms with Crippen LogP contribution in [0.1, 0.15) is 22.7 Å². The third-order valence-corrected chi connectivity index (χ3v) is 5.85. The SMILES string of the molecule is COc1cc(C2C(=C(O)c3ccccc3)C(=O)C(=O)N2c2ccc(C)c(Cl)c2)ccc1O. The number of methoxy groups -OCH3 is 1. The lowest BCUT2D eigenvalue weighted by molar-refractivity contribution is -0.132. The predicted octanol–water partition coefficient (Wildman–Crippen LogP) is 4.99. The average Bonchev–Trinajstić information content (AvgIpc) is 3.06. The number of aromatic hydroxyl groups is 1. The molecule has 0 radical (unpaired) electrons. The number of aliphatic hydroxyl groups excluding tert-OH is 1. The molecule has 3 aromatic carbocycles. The van der Waals surface area contributed by atoms with Crippen LogP contribution in [0.4, 0.5) is 5.69 Å². The molecule has 1 aliphatic heterocycles. The number of rotatable bonds is 4. The Kier molecular flexibility index (Phi) is 5.63. The highest BCUT2D eigenvalue weighted by Gasteiger charge is 2.47. The summed E-state index contributed by atoms with van der Waals surface area (Å²) in [5, 5.41) is 21.5. The third-order valence-electron chi connectivity index (χ3n) is 5.44. The van der Waals surface area contributed by atoms with E-state index in [0.717, 1.165) is 5.56 Å². The zero-order valence-electron chi connectivity index (χ0n) is 17.4. The Morgan fingerprint density at radius 2 is 1.75 bits per heavy atom. The van der Waals surface area contributed by atoms with Crippen LogP contribution < -0.4 is 9.64 Å². The largest absolute Gasteiger partial charge is 0.507 e. The first-order valence-corrected chi connectivity index (χ1v) is 10.2. The monoisotopic (exact) mass is 449 g/mol. The summed E-state index contributed by atoms with van der Waals surface area (Å²) in [6, 6.07) is 17.2. The highest BCUT2D eigenvalue weighted by atomic mass is 35.5. The van der Waals surface area contributed by atoms with Crippen LogP contribution in [0.5, 0.6) is 11.5 Å². The van der Waals surface area contributed by atoms with Crippen LogP contribution in [-0.2, 0) is 9.59 Å². The Balaban J connectivity index is 1.98. The second-order valence-corrected chi connectivity index (χ2v) is 7.81. The Hall–Kier alpha value is -3.77. The van der Waals surface area contributed by atoms with Crippen LogP contribution in [0.2, 0.25) is 5.02 Å². The van der Waals surface area contributed by atoms with E-state index in [1.165, 1.54) is 24.1 Å². The van der Waals surface area contributed by atoms with Crippen molar-refractivity contribution in [2.24, 2.45) is 0 Å². The van der Waals surface area contributed by atoms with Gasteiger partial charge in [0, 0.05) is 16.3 Å². The molecule has 4 rings (SSSR count). The Bertz CT molecular complexity index is 1250. The Morgan fingerprint density at radius 3 is 2.41 bits per heavy atom. The van der Waals surface area contributed by atoms with Gasteiger partial charge in [-0.15, -0.1) is 0 Å². The Morgan fingerprint density at radius 1 is 1.03 bits per heavy atom. The molecule has 2 N–H and O–H groups in total. The molecule has 1 atom stereocenters. The fourth-order valence-electron chi connectivity index (χ4n) is 3.76. The summed E-state index contributed by atoms with van der Waals surface area (Å²) in [6.45, 7) is 1.83. The van der Waals surface area contributed by atoms with Gasteiger partial charge in [-0.3, -0.25) is 14.5 Å². The van der Waals surface area contributed by atoms with Crippen LogP contribution in [0.25, 0.3) is 5.76 Å². The molecular formula is C25H20ClNO5. The number of aryl methyl sites for hydroxylation is 1. The zero-order valence-corrected chi connectivity index (χ0v) is 18.1. The fraction of sp³-hybridized carbons (Fsp3) is 0.120. The van der Waals surface area contributed by atoms with Crippen LogP contribution in [0, 0.1) is 6.92 Å². The first kappa shape index (κ1) is 21.5. The number of aliphatic hydroxyl groups is 1. The number of phenolic OH excluding ortho intramolecular Hbond substituents is 1. The standard InChI is InChI=1S/C25H20ClNO5/c1-14-8-10-17(13-18(14)26)27-22(16-9-11-19(28)20(12-16)32-2)21(24(30)25(27)31)23(29)15-6-4-3-5-7-15/h3-13,22,28-29H,1-2H3. The second kappa shape index (κ2) is 8.40. The van der Waals surface area contributed by atoms with Gasteiger partial charge < -0.3 is 14.9 Å². The first-order chi connectivity index (χ1) is 15.3. The van der Waals surface area contributed by atoms with Gasteiger partial charge in [-0.25, -0.2) is 0 Å². The van der Waals surface area contributed by atoms with Crippen LogP contribution in [0.15, 0.2) is 72.3 Å². The molecular weight excluding hydrogens is 430 g/mol. The summed E-state index contributed by atoms with van der Waals surface area (Å²) in [4.78, 5) is 27.6. The number of amides is 1. The maximum atomic E-state index is 13.2. The van der Waals surface area contributed by atoms with Crippen molar-refractivity contribution in [3.63, 3.8) is 0 Å². The maximum absolute atomic E-state index is 13.2. The molecule has 32 heavy (non-hydrogen) atoms. The van der Waals surface area contributed by atoms with Crippen molar-refractivity contribution < 1.29 is 24.5 Å². The number of ketones is 1. The summed E-state index contributed by atoms with van der Waals surface area (Å²) in [5.74, 6) is -1.81. The number of hydrogen-bond acceptors (Lipinski definition) is 5. The highest BCUT2D eigenvalue weighted by molar-refractivity contribution is 6.51. The normalized spacial score (nSPS) is 17.6. The van der Waals surface area contributed by atoms with E-state index in [4.69, 9.17) is 16.3 Å². The van der Waals surface area contributed by atoms with Crippen molar-refractivity contribution in [1.82, 2.24) is 0 Å². The van der Waals surface area contributed by atoms with E-state index in [2.05, 4.69) is 0 Å². The van der Waals surface area contributed by atoms with Crippen LogP contribution in [-0.4, -0.2) is 29.0 Å². The van der Waals surface area contributed by atoms with E-state index in [0.29, 0.717) is 21.8 Å². The molecule has 1 fully saturated rings. The minimum absolute atomic E-state index is 0.0642. The molecule has 0 bridgehead atoms. The molecule has 0 aliphatic carbocycles. The number of ether oxygens (including phenoxy) is 1. The van der Waals surface area contributed by atoms with Crippen molar-refractivity contribution >= 4 is 34.7 Å². The molecule has 0 spiro atoms. The predicted molar refractivity (Wildman–Crippen MR) is 122 cm³/mol. The van der Waals surface area contributed by atoms with Gasteiger partial charge in [0.15, 0.2) is 11.5 Å². The molecule has 1 amide bonds. The maximum Gasteiger partial charge on any atom is 0.300 e. The van der Waals surface area contributed by atoms with Gasteiger partial charge in [0.25, 0.3) is 11.7 Å². The molecule has 1 saturated heterocycles. The van der Waals surface area contributed by atoms with Crippen molar-refractivity contribution in [2.75, 3.05) is 12.0 Å². The Labute approximate surface area is 189 Å². The quantitative estimate of drug-likeness (QED) is 0.333. The van der Waals surface area contributed by atoms with Crippen LogP contribution >= 0.6 is 11.6 Å². The first-order valence-electron chi connectivity index (χ1n) is 9.83. The topological polar surface area (TPSA) is 87.1 Å². The van der Waals surface area contributed by atoms with Gasteiger partial charge in [-0.2, -0.15) is 0 Å². The summed E-state index contributed by atoms with van der Waals surface area (Å²) < 4.78 is 5.22. The van der Waals surface area contributed by atoms with Gasteiger partial charge in [0.1, 0.15) is 5.76 Å². The zero-order chi connectivity index (χ0) is 23.0. The average molecular weight is 450 g/mol. The van der Waals surface area contributed by atoms with Crippen LogP contribution in [0.3, 0.4) is 0 Å². The molecule has 1 unspecified atom stereocenters. The number of carbonyl (C=O) groups is 2. The lowest BCUT2D eigenvalue weighted by Crippen LogP contribution is -2.29. The molecule has 162 valence electrons. The second-order valence-electron chi connectivity index (χ2n) is 7.40. The van der Waals surface area contributed by atoms with E-state index in [1.54, 1.807) is 54.6 Å². The van der Waals surface area contributed by atoms with Gasteiger partial charge >= 0.3 is 0 Å². The number of anilines is 1. The van der Waals surface area contributed by atoms with Crippen molar-refractivity contribution in [2.45, 2.75) is 13.0 Å². The smallest absolute Gasteiger partial charge is 0.300 e. The lowest BCUT2D eigenvalue weighted by Gasteiger charge is -2.26. The lowest BCUT2D eigenvalue weighted by atomic mass is 9.94. The number of hydrogen-bond donors (Lipinski definition) is 2. The number of carbonyl (C=O) groups excluding carboxylic acids is 2. The van der Waals surface area contributed by atoms with E-state index in [9.17, 15) is 19.8 Å². The molecule has 0 aromatic heterocycles. The summed E-state index contributed by atoms with van der Waals surface area (Å²) in [6.07, 6.45) is 0. The molecule has 0 saturated carbocycles. The van der Waals surface area contributed by atoms with Gasteiger partial charge in [-0.05, 0) is 42.3 Å². The number of phenols is 1. The van der Waals surface area contributed by atoms with Gasteiger partial charge in [0.05, 0.1) is 18.7 Å². The van der Waals surface area contributed by atoms with Crippen molar-refractivity contribution in [1.29, 1.82) is 0 Å². The minimum Gasteiger partial charge on any atom is -0.507 e. The number of halogens is 1. The molecule has 1 aliphatic rings. The molecule has 7 heteroatoms. The van der Waals surface area contributed by atoms with Gasteiger partial charge in [0.2, 0.25) is 0 Å². The highest BCUT2D eigenvalue weighted by Crippen LogP contribution is 2.44. The van der Waals surface area contributed by atoms with Crippen molar-refractivity contribution in [3.05, 3.63) is 94.0 Å². The summed E-state index contributed by atoms with van der Waals surface area (Å²) in [5.41, 5.74) is 2.05. The van der Waals surface area contributed by atoms with Gasteiger partial charge in [-0.1, -0.05) is 54.1 Å². The third kappa shape index (κ3) is 3.59. The van der Waals surface area contributed by atoms with E-state index in [1.807, 2.05) is 6.92 Å². The van der Waals surface area contributed by atoms with E-state index in [-0.39, 0.29) is 22.8 Å². The number of Topliss-reactive ketones (excluding diaryl/α,β-unsaturated/α-hetero) is 1.